The first-order chi connectivity index (χ1) is 13.2. The molecule has 2 heterocycles. The fraction of sp³-hybridized carbons (Fsp3) is 0.632. The third kappa shape index (κ3) is 4.26. The van der Waals surface area contributed by atoms with Gasteiger partial charge in [0.05, 0.1) is 18.1 Å². The molecule has 1 aliphatic heterocycles. The molecule has 8 nitrogen and oxygen atoms in total. The van der Waals surface area contributed by atoms with Gasteiger partial charge in [0.25, 0.3) is 10.0 Å². The molecule has 0 radical (unpaired) electrons. The Morgan fingerprint density at radius 2 is 1.96 bits per heavy atom. The number of sulfonamides is 1. The van der Waals surface area contributed by atoms with E-state index in [-0.39, 0.29) is 29.3 Å². The van der Waals surface area contributed by atoms with E-state index in [9.17, 15) is 18.0 Å². The Morgan fingerprint density at radius 1 is 1.25 bits per heavy atom. The summed E-state index contributed by atoms with van der Waals surface area (Å²) in [5.74, 6) is -0.629. The Hall–Kier alpha value is -1.84. The van der Waals surface area contributed by atoms with E-state index in [1.165, 1.54) is 16.6 Å². The summed E-state index contributed by atoms with van der Waals surface area (Å²) in [6.45, 7) is 1.48. The van der Waals surface area contributed by atoms with Gasteiger partial charge in [0, 0.05) is 12.2 Å². The third-order valence-corrected chi connectivity index (χ3v) is 7.66. The quantitative estimate of drug-likeness (QED) is 0.765. The second kappa shape index (κ2) is 8.26. The van der Waals surface area contributed by atoms with E-state index in [4.69, 9.17) is 5.73 Å². The summed E-state index contributed by atoms with van der Waals surface area (Å²) in [4.78, 5) is 29.4. The summed E-state index contributed by atoms with van der Waals surface area (Å²) in [7, 11) is -3.89. The minimum absolute atomic E-state index is 0.0831. The van der Waals surface area contributed by atoms with E-state index in [0.29, 0.717) is 25.7 Å². The van der Waals surface area contributed by atoms with E-state index in [1.54, 1.807) is 19.1 Å². The minimum atomic E-state index is -3.89. The largest absolute Gasteiger partial charge is 0.345 e. The van der Waals surface area contributed by atoms with Gasteiger partial charge in [0.15, 0.2) is 10.8 Å². The zero-order valence-corrected chi connectivity index (χ0v) is 17.0. The zero-order valence-electron chi connectivity index (χ0n) is 16.1. The molecule has 3 N–H and O–H groups in total. The van der Waals surface area contributed by atoms with Crippen molar-refractivity contribution in [2.45, 2.75) is 74.5 Å². The van der Waals surface area contributed by atoms with Gasteiger partial charge in [-0.2, -0.15) is 4.31 Å². The Balaban J connectivity index is 1.74. The molecule has 0 unspecified atom stereocenters. The number of nitrogens with one attached hydrogen (secondary N) is 1. The number of hydrogen-bond acceptors (Lipinski definition) is 6. The Labute approximate surface area is 165 Å². The van der Waals surface area contributed by atoms with Crippen molar-refractivity contribution in [1.82, 2.24) is 14.6 Å². The number of hydrogen-bond donors (Lipinski definition) is 2. The molecule has 2 aliphatic rings. The Kier molecular flexibility index (Phi) is 6.16. The number of carbonyl (C=O) groups is 2. The normalized spacial score (nSPS) is 26.4. The van der Waals surface area contributed by atoms with Crippen molar-refractivity contribution in [3.63, 3.8) is 0 Å². The predicted octanol–water partition coefficient (Wildman–Crippen LogP) is 0.970. The number of rotatable bonds is 4. The fourth-order valence-corrected chi connectivity index (χ4v) is 5.50. The number of Topliss-reactive ketones (excluding diaryl/α,β-unsaturated/α-hetero) is 1. The van der Waals surface area contributed by atoms with Crippen molar-refractivity contribution in [2.75, 3.05) is 6.54 Å². The van der Waals surface area contributed by atoms with E-state index >= 15 is 0 Å². The molecule has 0 bridgehead atoms. The van der Waals surface area contributed by atoms with E-state index in [0.717, 1.165) is 19.3 Å². The number of nitrogens with two attached hydrogens (primary N) is 1. The molecule has 1 aliphatic carbocycles. The first-order valence-corrected chi connectivity index (χ1v) is 11.2. The molecule has 1 aromatic heterocycles. The highest BCUT2D eigenvalue weighted by Crippen LogP contribution is 2.27. The lowest BCUT2D eigenvalue weighted by Crippen LogP contribution is -2.58. The second-order valence-corrected chi connectivity index (χ2v) is 9.69. The second-order valence-electron chi connectivity index (χ2n) is 7.85. The number of aromatic nitrogens is 1. The van der Waals surface area contributed by atoms with Crippen molar-refractivity contribution in [3.8, 4) is 0 Å². The van der Waals surface area contributed by atoms with Gasteiger partial charge in [-0.25, -0.2) is 13.4 Å². The van der Waals surface area contributed by atoms with Crippen LogP contribution in [-0.2, 0) is 19.6 Å². The highest BCUT2D eigenvalue weighted by Gasteiger charge is 2.40. The molecule has 154 valence electrons. The Bertz CT molecular complexity index is 822. The van der Waals surface area contributed by atoms with Crippen LogP contribution in [0.4, 0.5) is 0 Å². The summed E-state index contributed by atoms with van der Waals surface area (Å²) in [6.07, 6.45) is 6.33. The van der Waals surface area contributed by atoms with Gasteiger partial charge in [0.1, 0.15) is 0 Å². The van der Waals surface area contributed by atoms with Crippen LogP contribution >= 0.6 is 0 Å². The van der Waals surface area contributed by atoms with Crippen LogP contribution in [0.5, 0.6) is 0 Å². The number of amides is 1. The lowest BCUT2D eigenvalue weighted by molar-refractivity contribution is -0.131. The van der Waals surface area contributed by atoms with E-state index < -0.39 is 21.6 Å². The van der Waals surface area contributed by atoms with E-state index in [2.05, 4.69) is 10.3 Å². The molecule has 9 heteroatoms. The molecule has 2 fully saturated rings. The summed E-state index contributed by atoms with van der Waals surface area (Å²) >= 11 is 0. The van der Waals surface area contributed by atoms with Gasteiger partial charge in [0.2, 0.25) is 5.91 Å². The lowest BCUT2D eigenvalue weighted by Gasteiger charge is -2.33. The average Bonchev–Trinajstić information content (AvgIpc) is 2.83. The molecule has 28 heavy (non-hydrogen) atoms. The van der Waals surface area contributed by atoms with Crippen LogP contribution in [0, 0.1) is 0 Å². The highest BCUT2D eigenvalue weighted by atomic mass is 32.2. The maximum absolute atomic E-state index is 12.9. The average molecular weight is 409 g/mol. The van der Waals surface area contributed by atoms with Crippen LogP contribution in [0.2, 0.25) is 0 Å². The molecule has 1 aromatic rings. The van der Waals surface area contributed by atoms with Gasteiger partial charge in [-0.3, -0.25) is 9.59 Å². The van der Waals surface area contributed by atoms with Crippen LogP contribution in [0.3, 0.4) is 0 Å². The molecule has 2 atom stereocenters. The predicted molar refractivity (Wildman–Crippen MR) is 104 cm³/mol. The van der Waals surface area contributed by atoms with Crippen molar-refractivity contribution in [3.05, 3.63) is 24.4 Å². The first-order valence-electron chi connectivity index (χ1n) is 9.79. The third-order valence-electron chi connectivity index (χ3n) is 5.78. The Morgan fingerprint density at radius 3 is 2.61 bits per heavy atom. The summed E-state index contributed by atoms with van der Waals surface area (Å²) in [6, 6.07) is 3.55. The standard InChI is InChI=1S/C19H28N4O4S/c1-14-8-9-15(22-18(25)19(20)10-4-2-5-11-19)16(24)13-23(14)28(26,27)17-7-3-6-12-21-17/h3,6-7,12,14-15H,2,4-5,8-11,13,20H2,1H3,(H,22,25)/t14-,15+/m1/s1. The SMILES string of the molecule is C[C@@H]1CC[C@H](NC(=O)C2(N)CCCCC2)C(=O)CN1S(=O)(=O)c1ccccn1. The highest BCUT2D eigenvalue weighted by molar-refractivity contribution is 7.89. The van der Waals surface area contributed by atoms with Crippen LogP contribution < -0.4 is 11.1 Å². The first kappa shape index (κ1) is 20.9. The van der Waals surface area contributed by atoms with Crippen molar-refractivity contribution >= 4 is 21.7 Å². The monoisotopic (exact) mass is 408 g/mol. The smallest absolute Gasteiger partial charge is 0.261 e. The summed E-state index contributed by atoms with van der Waals surface area (Å²) in [5, 5.41) is 2.72. The van der Waals surface area contributed by atoms with Crippen LogP contribution in [0.15, 0.2) is 29.4 Å². The molecule has 3 rings (SSSR count). The van der Waals surface area contributed by atoms with Crippen molar-refractivity contribution in [2.24, 2.45) is 5.73 Å². The van der Waals surface area contributed by atoms with Crippen LogP contribution in [0.25, 0.3) is 0 Å². The molecular weight excluding hydrogens is 380 g/mol. The molecule has 1 saturated heterocycles. The topological polar surface area (TPSA) is 122 Å². The lowest BCUT2D eigenvalue weighted by atomic mass is 9.81. The maximum atomic E-state index is 12.9. The summed E-state index contributed by atoms with van der Waals surface area (Å²) < 4.78 is 27.0. The van der Waals surface area contributed by atoms with E-state index in [1.807, 2.05) is 0 Å². The zero-order chi connectivity index (χ0) is 20.4. The number of ketones is 1. The molecule has 0 aromatic carbocycles. The minimum Gasteiger partial charge on any atom is -0.345 e. The van der Waals surface area contributed by atoms with Crippen molar-refractivity contribution < 1.29 is 18.0 Å². The maximum Gasteiger partial charge on any atom is 0.261 e. The fourth-order valence-electron chi connectivity index (χ4n) is 3.94. The van der Waals surface area contributed by atoms with Gasteiger partial charge in [-0.1, -0.05) is 25.3 Å². The molecule has 1 amide bonds. The summed E-state index contributed by atoms with van der Waals surface area (Å²) in [5.41, 5.74) is 5.33. The van der Waals surface area contributed by atoms with Gasteiger partial charge < -0.3 is 11.1 Å². The molecule has 0 spiro atoms. The molecular formula is C19H28N4O4S. The number of carbonyl (C=O) groups excluding carboxylic acids is 2. The number of pyridine rings is 1. The van der Waals surface area contributed by atoms with Gasteiger partial charge in [-0.05, 0) is 44.7 Å². The van der Waals surface area contributed by atoms with Gasteiger partial charge >= 0.3 is 0 Å². The number of nitrogens with zero attached hydrogens (tertiary/aromatic N) is 2. The van der Waals surface area contributed by atoms with Crippen LogP contribution in [-0.4, -0.2) is 53.6 Å². The van der Waals surface area contributed by atoms with Crippen LogP contribution in [0.1, 0.15) is 51.9 Å². The van der Waals surface area contributed by atoms with Crippen molar-refractivity contribution in [1.29, 1.82) is 0 Å². The van der Waals surface area contributed by atoms with Gasteiger partial charge in [-0.15, -0.1) is 0 Å². The molecule has 1 saturated carbocycles.